The molecule has 24 heavy (non-hydrogen) atoms. The zero-order chi connectivity index (χ0) is 17.1. The summed E-state index contributed by atoms with van der Waals surface area (Å²) in [4.78, 5) is 27.9. The number of rotatable bonds is 4. The van der Waals surface area contributed by atoms with Crippen molar-refractivity contribution in [1.29, 1.82) is 0 Å². The van der Waals surface area contributed by atoms with Gasteiger partial charge in [-0.3, -0.25) is 4.79 Å². The molecule has 0 bridgehead atoms. The summed E-state index contributed by atoms with van der Waals surface area (Å²) in [6.45, 7) is 0. The molecule has 0 aliphatic carbocycles. The number of carbonyl (C=O) groups is 2. The minimum Gasteiger partial charge on any atom is -0.479 e. The van der Waals surface area contributed by atoms with E-state index in [0.717, 1.165) is 5.39 Å². The summed E-state index contributed by atoms with van der Waals surface area (Å²) in [5.74, 6) is -1.30. The van der Waals surface area contributed by atoms with Gasteiger partial charge in [0.05, 0.1) is 0 Å². The molecule has 0 unspecified atom stereocenters. The fourth-order valence-corrected chi connectivity index (χ4v) is 2.48. The lowest BCUT2D eigenvalue weighted by Crippen LogP contribution is -2.33. The number of nitrogens with one attached hydrogen (secondary N) is 1. The predicted octanol–water partition coefficient (Wildman–Crippen LogP) is 2.37. The molecule has 1 atom stereocenters. The largest absolute Gasteiger partial charge is 0.479 e. The quantitative estimate of drug-likeness (QED) is 0.684. The zero-order valence-electron chi connectivity index (χ0n) is 12.6. The van der Waals surface area contributed by atoms with E-state index in [-0.39, 0.29) is 0 Å². The van der Waals surface area contributed by atoms with E-state index in [0.29, 0.717) is 22.3 Å². The van der Waals surface area contributed by atoms with Crippen molar-refractivity contribution >= 4 is 28.5 Å². The van der Waals surface area contributed by atoms with Crippen molar-refractivity contribution in [2.45, 2.75) is 6.04 Å². The van der Waals surface area contributed by atoms with Crippen LogP contribution in [0.1, 0.15) is 22.0 Å². The Morgan fingerprint density at radius 3 is 2.54 bits per heavy atom. The highest BCUT2D eigenvalue weighted by Crippen LogP contribution is 2.21. The monoisotopic (exact) mass is 321 g/mol. The second kappa shape index (κ2) is 6.37. The minimum absolute atomic E-state index is 0.319. The number of fused-ring (bicyclic) bond motifs is 1. The lowest BCUT2D eigenvalue weighted by Gasteiger charge is -2.15. The van der Waals surface area contributed by atoms with Gasteiger partial charge in [0.15, 0.2) is 6.04 Å². The van der Waals surface area contributed by atoms with Crippen molar-refractivity contribution < 1.29 is 14.7 Å². The van der Waals surface area contributed by atoms with Gasteiger partial charge in [-0.15, -0.1) is 0 Å². The third-order valence-electron chi connectivity index (χ3n) is 3.71. The first-order valence-electron chi connectivity index (χ1n) is 7.29. The number of aromatic nitrogens is 1. The van der Waals surface area contributed by atoms with Gasteiger partial charge in [-0.2, -0.15) is 0 Å². The number of nitrogens with zero attached hydrogens (tertiary/aromatic N) is 1. The number of anilines is 1. The van der Waals surface area contributed by atoms with Crippen LogP contribution in [0.25, 0.3) is 10.8 Å². The van der Waals surface area contributed by atoms with E-state index in [1.807, 2.05) is 0 Å². The number of pyridine rings is 1. The molecule has 0 spiro atoms. The topological polar surface area (TPSA) is 105 Å². The van der Waals surface area contributed by atoms with Crippen LogP contribution in [-0.4, -0.2) is 22.0 Å². The molecular formula is C18H15N3O3. The Hall–Kier alpha value is -3.41. The molecule has 4 N–H and O–H groups in total. The van der Waals surface area contributed by atoms with Crippen molar-refractivity contribution in [3.8, 4) is 0 Å². The second-order valence-corrected chi connectivity index (χ2v) is 5.29. The van der Waals surface area contributed by atoms with Crippen LogP contribution in [0.3, 0.4) is 0 Å². The first-order valence-corrected chi connectivity index (χ1v) is 7.29. The molecule has 0 radical (unpaired) electrons. The number of carboxylic acids is 1. The van der Waals surface area contributed by atoms with Crippen LogP contribution in [-0.2, 0) is 4.79 Å². The van der Waals surface area contributed by atoms with E-state index >= 15 is 0 Å². The molecule has 0 saturated carbocycles. The van der Waals surface area contributed by atoms with Crippen LogP contribution in [0.4, 0.5) is 5.82 Å². The van der Waals surface area contributed by atoms with E-state index in [1.54, 1.807) is 60.8 Å². The molecule has 6 nitrogen and oxygen atoms in total. The summed E-state index contributed by atoms with van der Waals surface area (Å²) in [7, 11) is 0. The van der Waals surface area contributed by atoms with Crippen LogP contribution in [0, 0.1) is 0 Å². The number of hydrogen-bond acceptors (Lipinski definition) is 4. The first-order chi connectivity index (χ1) is 11.6. The highest BCUT2D eigenvalue weighted by Gasteiger charge is 2.22. The summed E-state index contributed by atoms with van der Waals surface area (Å²) in [6, 6.07) is 14.2. The fraction of sp³-hybridized carbons (Fsp3) is 0.0556. The Morgan fingerprint density at radius 2 is 1.83 bits per heavy atom. The molecule has 0 aliphatic heterocycles. The Balaban J connectivity index is 1.91. The van der Waals surface area contributed by atoms with Gasteiger partial charge in [-0.05, 0) is 29.1 Å². The highest BCUT2D eigenvalue weighted by atomic mass is 16.4. The number of carbonyl (C=O) groups excluding carboxylic acids is 1. The standard InChI is InChI=1S/C18H15N3O3/c19-16-14-10-13(7-6-11(14)8-9-20-16)17(22)21-15(18(23)24)12-4-2-1-3-5-12/h1-10,15H,(H2,19,20)(H,21,22)(H,23,24)/t15-/m1/s1. The summed E-state index contributed by atoms with van der Waals surface area (Å²) in [5.41, 5.74) is 6.65. The van der Waals surface area contributed by atoms with Crippen molar-refractivity contribution in [2.24, 2.45) is 0 Å². The zero-order valence-corrected chi connectivity index (χ0v) is 12.6. The molecule has 1 aromatic heterocycles. The van der Waals surface area contributed by atoms with Gasteiger partial charge in [0.1, 0.15) is 5.82 Å². The fourth-order valence-electron chi connectivity index (χ4n) is 2.48. The van der Waals surface area contributed by atoms with Crippen LogP contribution in [0.5, 0.6) is 0 Å². The van der Waals surface area contributed by atoms with E-state index < -0.39 is 17.9 Å². The van der Waals surface area contributed by atoms with Crippen molar-refractivity contribution in [3.63, 3.8) is 0 Å². The number of amides is 1. The number of nitrogen functional groups attached to an aromatic ring is 1. The molecule has 120 valence electrons. The number of benzene rings is 2. The summed E-state index contributed by atoms with van der Waals surface area (Å²) >= 11 is 0. The molecule has 3 aromatic rings. The third-order valence-corrected chi connectivity index (χ3v) is 3.71. The highest BCUT2D eigenvalue weighted by molar-refractivity contribution is 6.02. The van der Waals surface area contributed by atoms with Crippen LogP contribution in [0.2, 0.25) is 0 Å². The van der Waals surface area contributed by atoms with Crippen LogP contribution in [0.15, 0.2) is 60.8 Å². The van der Waals surface area contributed by atoms with Crippen molar-refractivity contribution in [1.82, 2.24) is 10.3 Å². The Morgan fingerprint density at radius 1 is 1.08 bits per heavy atom. The van der Waals surface area contributed by atoms with E-state index in [4.69, 9.17) is 5.73 Å². The molecule has 6 heteroatoms. The minimum atomic E-state index is -1.13. The van der Waals surface area contributed by atoms with Gasteiger partial charge in [0.25, 0.3) is 5.91 Å². The second-order valence-electron chi connectivity index (χ2n) is 5.29. The molecule has 1 heterocycles. The van der Waals surface area contributed by atoms with E-state index in [9.17, 15) is 14.7 Å². The molecule has 1 amide bonds. The Labute approximate surface area is 137 Å². The maximum atomic E-state index is 12.5. The third kappa shape index (κ3) is 3.03. The Kier molecular flexibility index (Phi) is 4.11. The summed E-state index contributed by atoms with van der Waals surface area (Å²) in [5, 5.41) is 13.4. The van der Waals surface area contributed by atoms with Gasteiger partial charge >= 0.3 is 5.97 Å². The van der Waals surface area contributed by atoms with Gasteiger partial charge in [-0.25, -0.2) is 9.78 Å². The average Bonchev–Trinajstić information content (AvgIpc) is 2.60. The van der Waals surface area contributed by atoms with E-state index in [2.05, 4.69) is 10.3 Å². The molecular weight excluding hydrogens is 306 g/mol. The molecule has 2 aromatic carbocycles. The SMILES string of the molecule is Nc1nccc2ccc(C(=O)N[C@@H](C(=O)O)c3ccccc3)cc12. The molecule has 3 rings (SSSR count). The van der Waals surface area contributed by atoms with Gasteiger partial charge in [-0.1, -0.05) is 36.4 Å². The summed E-state index contributed by atoms with van der Waals surface area (Å²) < 4.78 is 0. The van der Waals surface area contributed by atoms with Crippen molar-refractivity contribution in [2.75, 3.05) is 5.73 Å². The number of hydrogen-bond donors (Lipinski definition) is 3. The first kappa shape index (κ1) is 15.5. The lowest BCUT2D eigenvalue weighted by atomic mass is 10.0. The number of aliphatic carboxylic acids is 1. The van der Waals surface area contributed by atoms with Crippen LogP contribution < -0.4 is 11.1 Å². The maximum absolute atomic E-state index is 12.5. The number of carboxylic acid groups (broad SMARTS) is 1. The normalized spacial score (nSPS) is 11.8. The maximum Gasteiger partial charge on any atom is 0.330 e. The molecule has 0 saturated heterocycles. The molecule has 0 fully saturated rings. The summed E-state index contributed by atoms with van der Waals surface area (Å²) in [6.07, 6.45) is 1.59. The number of nitrogens with two attached hydrogens (primary N) is 1. The van der Waals surface area contributed by atoms with Gasteiger partial charge in [0, 0.05) is 17.1 Å². The molecule has 0 aliphatic rings. The van der Waals surface area contributed by atoms with Crippen molar-refractivity contribution in [3.05, 3.63) is 71.9 Å². The Bertz CT molecular complexity index is 910. The average molecular weight is 321 g/mol. The van der Waals surface area contributed by atoms with E-state index in [1.165, 1.54) is 0 Å². The lowest BCUT2D eigenvalue weighted by molar-refractivity contribution is -0.139. The smallest absolute Gasteiger partial charge is 0.330 e. The van der Waals surface area contributed by atoms with Gasteiger partial charge in [0.2, 0.25) is 0 Å². The van der Waals surface area contributed by atoms with Gasteiger partial charge < -0.3 is 16.2 Å². The predicted molar refractivity (Wildman–Crippen MR) is 90.4 cm³/mol. The van der Waals surface area contributed by atoms with Crippen LogP contribution >= 0.6 is 0 Å².